The molecular formula is C22H21FN4O2. The molecule has 0 spiro atoms. The van der Waals surface area contributed by atoms with Crippen molar-refractivity contribution >= 4 is 17.5 Å². The average Bonchev–Trinajstić information content (AvgIpc) is 3.22. The Labute approximate surface area is 167 Å². The Morgan fingerprint density at radius 2 is 1.90 bits per heavy atom. The lowest BCUT2D eigenvalue weighted by Crippen LogP contribution is -2.39. The summed E-state index contributed by atoms with van der Waals surface area (Å²) in [5.74, 6) is -0.820. The molecule has 1 atom stereocenters. The van der Waals surface area contributed by atoms with Gasteiger partial charge in [0.05, 0.1) is 17.6 Å². The van der Waals surface area contributed by atoms with Crippen LogP contribution in [-0.2, 0) is 0 Å². The maximum absolute atomic E-state index is 13.5. The lowest BCUT2D eigenvalue weighted by atomic mass is 9.93. The summed E-state index contributed by atoms with van der Waals surface area (Å²) >= 11 is 0. The largest absolute Gasteiger partial charge is 0.338 e. The van der Waals surface area contributed by atoms with E-state index in [2.05, 4.69) is 15.5 Å². The second kappa shape index (κ2) is 8.26. The van der Waals surface area contributed by atoms with Crippen molar-refractivity contribution in [3.63, 3.8) is 0 Å². The molecule has 0 radical (unpaired) electrons. The number of aromatic nitrogens is 2. The average molecular weight is 392 g/mol. The summed E-state index contributed by atoms with van der Waals surface area (Å²) in [6, 6.07) is 14.7. The van der Waals surface area contributed by atoms with Crippen LogP contribution in [0.5, 0.6) is 0 Å². The van der Waals surface area contributed by atoms with E-state index in [9.17, 15) is 14.0 Å². The number of aromatic amines is 1. The molecule has 7 heteroatoms. The Hall–Kier alpha value is -3.48. The summed E-state index contributed by atoms with van der Waals surface area (Å²) in [5.41, 5.74) is 2.31. The Balaban J connectivity index is 1.49. The molecule has 1 aromatic heterocycles. The highest BCUT2D eigenvalue weighted by Crippen LogP contribution is 2.31. The van der Waals surface area contributed by atoms with Gasteiger partial charge >= 0.3 is 0 Å². The van der Waals surface area contributed by atoms with E-state index in [0.717, 1.165) is 18.5 Å². The highest BCUT2D eigenvalue weighted by molar-refractivity contribution is 6.04. The zero-order valence-corrected chi connectivity index (χ0v) is 15.8. The van der Waals surface area contributed by atoms with E-state index in [1.807, 2.05) is 18.2 Å². The van der Waals surface area contributed by atoms with E-state index in [1.165, 1.54) is 18.2 Å². The summed E-state index contributed by atoms with van der Waals surface area (Å²) < 4.78 is 13.5. The van der Waals surface area contributed by atoms with Gasteiger partial charge in [0.25, 0.3) is 11.8 Å². The first-order valence-corrected chi connectivity index (χ1v) is 9.56. The summed E-state index contributed by atoms with van der Waals surface area (Å²) in [6.45, 7) is 1.09. The van der Waals surface area contributed by atoms with Crippen LogP contribution in [0.2, 0.25) is 0 Å². The van der Waals surface area contributed by atoms with Crippen LogP contribution < -0.4 is 5.32 Å². The minimum absolute atomic E-state index is 0.00910. The van der Waals surface area contributed by atoms with Crippen LogP contribution in [0.1, 0.15) is 45.2 Å². The monoisotopic (exact) mass is 392 g/mol. The van der Waals surface area contributed by atoms with Gasteiger partial charge < -0.3 is 10.2 Å². The van der Waals surface area contributed by atoms with Crippen LogP contribution in [0.25, 0.3) is 0 Å². The Bertz CT molecular complexity index is 1020. The molecule has 0 aliphatic carbocycles. The first-order valence-electron chi connectivity index (χ1n) is 9.56. The molecule has 148 valence electrons. The molecule has 2 aromatic carbocycles. The van der Waals surface area contributed by atoms with E-state index in [1.54, 1.807) is 29.3 Å². The van der Waals surface area contributed by atoms with Gasteiger partial charge in [0.1, 0.15) is 5.82 Å². The van der Waals surface area contributed by atoms with Crippen LogP contribution in [0.15, 0.2) is 60.8 Å². The maximum atomic E-state index is 13.5. The van der Waals surface area contributed by atoms with Crippen molar-refractivity contribution in [3.05, 3.63) is 83.4 Å². The molecule has 2 N–H and O–H groups in total. The van der Waals surface area contributed by atoms with Crippen LogP contribution in [0.3, 0.4) is 0 Å². The van der Waals surface area contributed by atoms with Crippen molar-refractivity contribution in [2.45, 2.75) is 18.8 Å². The van der Waals surface area contributed by atoms with Gasteiger partial charge in [-0.1, -0.05) is 24.3 Å². The van der Waals surface area contributed by atoms with Crippen molar-refractivity contribution < 1.29 is 14.0 Å². The van der Waals surface area contributed by atoms with Gasteiger partial charge in [-0.15, -0.1) is 0 Å². The molecule has 2 heterocycles. The fourth-order valence-corrected chi connectivity index (χ4v) is 3.69. The number of carbonyl (C=O) groups is 2. The molecule has 0 saturated carbocycles. The first-order chi connectivity index (χ1) is 14.1. The van der Waals surface area contributed by atoms with Crippen molar-refractivity contribution in [1.82, 2.24) is 15.1 Å². The third kappa shape index (κ3) is 4.18. The Morgan fingerprint density at radius 3 is 2.69 bits per heavy atom. The topological polar surface area (TPSA) is 78.1 Å². The molecule has 1 unspecified atom stereocenters. The number of amides is 2. The van der Waals surface area contributed by atoms with Crippen molar-refractivity contribution in [2.75, 3.05) is 18.4 Å². The van der Waals surface area contributed by atoms with Gasteiger partial charge in [0.15, 0.2) is 0 Å². The lowest BCUT2D eigenvalue weighted by Gasteiger charge is -2.32. The van der Waals surface area contributed by atoms with E-state index >= 15 is 0 Å². The Morgan fingerprint density at radius 1 is 1.10 bits per heavy atom. The standard InChI is InChI=1S/C22H21FN4O2/c23-18-10-4-8-16(12-18)22(29)27-11-5-9-17(14-27)20-19(13-24-26-20)25-21(28)15-6-2-1-3-7-15/h1-4,6-8,10,12-13,17H,5,9,11,14H2,(H,24,26)(H,25,28). The molecule has 1 aliphatic rings. The normalized spacial score (nSPS) is 16.4. The number of anilines is 1. The molecule has 0 bridgehead atoms. The third-order valence-electron chi connectivity index (χ3n) is 5.14. The van der Waals surface area contributed by atoms with Gasteiger partial charge in [0, 0.05) is 30.1 Å². The van der Waals surface area contributed by atoms with Crippen LogP contribution >= 0.6 is 0 Å². The zero-order chi connectivity index (χ0) is 20.2. The quantitative estimate of drug-likeness (QED) is 0.709. The smallest absolute Gasteiger partial charge is 0.255 e. The van der Waals surface area contributed by atoms with Crippen molar-refractivity contribution in [1.29, 1.82) is 0 Å². The molecule has 3 aromatic rings. The van der Waals surface area contributed by atoms with Crippen LogP contribution in [0, 0.1) is 5.82 Å². The number of nitrogens with one attached hydrogen (secondary N) is 2. The van der Waals surface area contributed by atoms with E-state index in [0.29, 0.717) is 29.9 Å². The fourth-order valence-electron chi connectivity index (χ4n) is 3.69. The summed E-state index contributed by atoms with van der Waals surface area (Å²) in [4.78, 5) is 27.0. The van der Waals surface area contributed by atoms with Gasteiger partial charge in [-0.3, -0.25) is 14.7 Å². The Kier molecular flexibility index (Phi) is 5.37. The highest BCUT2D eigenvalue weighted by Gasteiger charge is 2.28. The predicted octanol–water partition coefficient (Wildman–Crippen LogP) is 3.82. The number of halogens is 1. The van der Waals surface area contributed by atoms with Crippen LogP contribution in [0.4, 0.5) is 10.1 Å². The molecule has 1 aliphatic heterocycles. The van der Waals surface area contributed by atoms with Crippen molar-refractivity contribution in [3.8, 4) is 0 Å². The molecule has 6 nitrogen and oxygen atoms in total. The van der Waals surface area contributed by atoms with Gasteiger partial charge in [0.2, 0.25) is 0 Å². The molecule has 2 amide bonds. The number of piperidine rings is 1. The van der Waals surface area contributed by atoms with Gasteiger partial charge in [-0.2, -0.15) is 5.10 Å². The second-order valence-corrected chi connectivity index (χ2v) is 7.12. The molecule has 1 fully saturated rings. The number of rotatable bonds is 4. The minimum Gasteiger partial charge on any atom is -0.338 e. The minimum atomic E-state index is -0.427. The summed E-state index contributed by atoms with van der Waals surface area (Å²) in [5, 5.41) is 9.97. The zero-order valence-electron chi connectivity index (χ0n) is 15.8. The number of carbonyl (C=O) groups excluding carboxylic acids is 2. The van der Waals surface area contributed by atoms with Gasteiger partial charge in [-0.25, -0.2) is 4.39 Å². The first kappa shape index (κ1) is 18.9. The van der Waals surface area contributed by atoms with Crippen molar-refractivity contribution in [2.24, 2.45) is 0 Å². The fraction of sp³-hybridized carbons (Fsp3) is 0.227. The van der Waals surface area contributed by atoms with Gasteiger partial charge in [-0.05, 0) is 43.2 Å². The number of H-pyrrole nitrogens is 1. The number of hydrogen-bond acceptors (Lipinski definition) is 3. The number of likely N-dealkylation sites (tertiary alicyclic amines) is 1. The molecule has 29 heavy (non-hydrogen) atoms. The van der Waals surface area contributed by atoms with Crippen LogP contribution in [-0.4, -0.2) is 40.0 Å². The summed E-state index contributed by atoms with van der Waals surface area (Å²) in [6.07, 6.45) is 3.27. The number of nitrogens with zero attached hydrogens (tertiary/aromatic N) is 2. The predicted molar refractivity (Wildman–Crippen MR) is 107 cm³/mol. The summed E-state index contributed by atoms with van der Waals surface area (Å²) in [7, 11) is 0. The number of hydrogen-bond donors (Lipinski definition) is 2. The van der Waals surface area contributed by atoms with E-state index in [-0.39, 0.29) is 17.7 Å². The second-order valence-electron chi connectivity index (χ2n) is 7.12. The third-order valence-corrected chi connectivity index (χ3v) is 5.14. The van der Waals surface area contributed by atoms with E-state index < -0.39 is 5.82 Å². The maximum Gasteiger partial charge on any atom is 0.255 e. The molecule has 1 saturated heterocycles. The SMILES string of the molecule is O=C(Nc1cn[nH]c1C1CCCN(C(=O)c2cccc(F)c2)C1)c1ccccc1. The molecule has 4 rings (SSSR count). The number of benzene rings is 2. The van der Waals surface area contributed by atoms with E-state index in [4.69, 9.17) is 0 Å². The molecular weight excluding hydrogens is 371 g/mol. The lowest BCUT2D eigenvalue weighted by molar-refractivity contribution is 0.0705. The highest BCUT2D eigenvalue weighted by atomic mass is 19.1.